The van der Waals surface area contributed by atoms with Crippen molar-refractivity contribution in [1.82, 2.24) is 0 Å². The van der Waals surface area contributed by atoms with Gasteiger partial charge in [0.1, 0.15) is 13.2 Å². The summed E-state index contributed by atoms with van der Waals surface area (Å²) in [6.45, 7) is 11.4. The Balaban J connectivity index is 4.33. The molecule has 344 valence electrons. The van der Waals surface area contributed by atoms with E-state index in [4.69, 9.17) is 14.2 Å². The molecule has 6 heteroatoms. The maximum absolute atomic E-state index is 12.8. The quantitative estimate of drug-likeness (QED) is 0.0346. The minimum Gasteiger partial charge on any atom is -0.462 e. The molecule has 0 saturated heterocycles. The molecule has 0 aliphatic carbocycles. The summed E-state index contributed by atoms with van der Waals surface area (Å²) in [7, 11) is 0. The molecule has 0 fully saturated rings. The van der Waals surface area contributed by atoms with Crippen LogP contribution in [0.4, 0.5) is 0 Å². The van der Waals surface area contributed by atoms with Gasteiger partial charge < -0.3 is 14.2 Å². The highest BCUT2D eigenvalue weighted by Crippen LogP contribution is 2.18. The SMILES string of the molecule is CCCCCCCCCCCCCCCC(=O)OC[C@@H](COC(=O)CCCCCCCCCCCCC(C)C)OC(=O)CCCCCCCCCCCCC(C)CC. The summed E-state index contributed by atoms with van der Waals surface area (Å²) >= 11 is 0. The van der Waals surface area contributed by atoms with E-state index in [0.29, 0.717) is 19.3 Å². The van der Waals surface area contributed by atoms with Gasteiger partial charge in [-0.15, -0.1) is 0 Å². The van der Waals surface area contributed by atoms with Crippen LogP contribution in [0.2, 0.25) is 0 Å². The van der Waals surface area contributed by atoms with Crippen LogP contribution >= 0.6 is 0 Å². The number of carbonyl (C=O) groups is 3. The molecule has 0 aromatic carbocycles. The molecule has 0 aromatic rings. The molecule has 0 aliphatic heterocycles. The van der Waals surface area contributed by atoms with Crippen LogP contribution < -0.4 is 0 Å². The smallest absolute Gasteiger partial charge is 0.306 e. The van der Waals surface area contributed by atoms with Gasteiger partial charge in [-0.2, -0.15) is 0 Å². The Bertz CT molecular complexity index is 887. The number of hydrogen-bond acceptors (Lipinski definition) is 6. The van der Waals surface area contributed by atoms with Crippen molar-refractivity contribution in [2.24, 2.45) is 11.8 Å². The van der Waals surface area contributed by atoms with Gasteiger partial charge in [0, 0.05) is 19.3 Å². The normalized spacial score (nSPS) is 12.5. The largest absolute Gasteiger partial charge is 0.462 e. The lowest BCUT2D eigenvalue weighted by Gasteiger charge is -2.18. The molecule has 1 unspecified atom stereocenters. The Morgan fingerprint density at radius 1 is 0.362 bits per heavy atom. The van der Waals surface area contributed by atoms with E-state index in [9.17, 15) is 14.4 Å². The summed E-state index contributed by atoms with van der Waals surface area (Å²) in [5.74, 6) is 0.837. The minimum absolute atomic E-state index is 0.0638. The van der Waals surface area contributed by atoms with Gasteiger partial charge in [-0.25, -0.2) is 0 Å². The summed E-state index contributed by atoms with van der Waals surface area (Å²) in [6.07, 6.45) is 45.0. The van der Waals surface area contributed by atoms with E-state index in [-0.39, 0.29) is 31.1 Å². The number of esters is 3. The average molecular weight is 821 g/mol. The maximum Gasteiger partial charge on any atom is 0.306 e. The molecule has 0 heterocycles. The second-order valence-electron chi connectivity index (χ2n) is 18.5. The highest BCUT2D eigenvalue weighted by molar-refractivity contribution is 5.71. The second kappa shape index (κ2) is 44.9. The van der Waals surface area contributed by atoms with E-state index in [1.54, 1.807) is 0 Å². The summed E-state index contributed by atoms with van der Waals surface area (Å²) in [4.78, 5) is 37.9. The van der Waals surface area contributed by atoms with Crippen molar-refractivity contribution in [2.45, 2.75) is 291 Å². The number of rotatable bonds is 46. The van der Waals surface area contributed by atoms with Gasteiger partial charge in [0.25, 0.3) is 0 Å². The maximum atomic E-state index is 12.8. The van der Waals surface area contributed by atoms with Crippen LogP contribution in [0, 0.1) is 11.8 Å². The summed E-state index contributed by atoms with van der Waals surface area (Å²) in [5, 5.41) is 0. The van der Waals surface area contributed by atoms with Crippen molar-refractivity contribution < 1.29 is 28.6 Å². The molecule has 0 spiro atoms. The molecule has 0 saturated carbocycles. The third-order valence-electron chi connectivity index (χ3n) is 12.1. The Morgan fingerprint density at radius 2 is 0.655 bits per heavy atom. The average Bonchev–Trinajstić information content (AvgIpc) is 3.21. The first-order chi connectivity index (χ1) is 28.3. The Labute approximate surface area is 361 Å². The zero-order valence-electron chi connectivity index (χ0n) is 39.7. The van der Waals surface area contributed by atoms with Gasteiger partial charge in [0.05, 0.1) is 0 Å². The monoisotopic (exact) mass is 821 g/mol. The molecule has 6 nitrogen and oxygen atoms in total. The first-order valence-corrected chi connectivity index (χ1v) is 25.8. The van der Waals surface area contributed by atoms with Crippen LogP contribution in [0.1, 0.15) is 285 Å². The standard InChI is InChI=1S/C52H100O6/c1-6-8-9-10-11-12-13-14-15-22-27-32-37-42-50(53)56-45-49(46-57-51(54)43-38-33-28-23-18-16-20-25-30-35-40-47(3)4)58-52(55)44-39-34-29-24-19-17-21-26-31-36-41-48(5)7-2/h47-49H,6-46H2,1-5H3/t48?,49-/m0/s1. The van der Waals surface area contributed by atoms with E-state index >= 15 is 0 Å². The van der Waals surface area contributed by atoms with E-state index in [2.05, 4.69) is 34.6 Å². The molecule has 0 radical (unpaired) electrons. The molecule has 58 heavy (non-hydrogen) atoms. The van der Waals surface area contributed by atoms with Crippen molar-refractivity contribution in [3.05, 3.63) is 0 Å². The zero-order valence-corrected chi connectivity index (χ0v) is 39.7. The summed E-state index contributed by atoms with van der Waals surface area (Å²) in [6, 6.07) is 0. The predicted molar refractivity (Wildman–Crippen MR) is 247 cm³/mol. The topological polar surface area (TPSA) is 78.9 Å². The highest BCUT2D eigenvalue weighted by Gasteiger charge is 2.19. The van der Waals surface area contributed by atoms with Gasteiger partial charge in [-0.05, 0) is 31.1 Å². The van der Waals surface area contributed by atoms with Crippen LogP contribution in [0.3, 0.4) is 0 Å². The summed E-state index contributed by atoms with van der Waals surface area (Å²) in [5.41, 5.74) is 0. The lowest BCUT2D eigenvalue weighted by molar-refractivity contribution is -0.167. The van der Waals surface area contributed by atoms with Crippen LogP contribution in [-0.4, -0.2) is 37.2 Å². The fraction of sp³-hybridized carbons (Fsp3) is 0.942. The van der Waals surface area contributed by atoms with E-state index in [1.807, 2.05) is 0 Å². The van der Waals surface area contributed by atoms with E-state index in [1.165, 1.54) is 173 Å². The second-order valence-corrected chi connectivity index (χ2v) is 18.5. The van der Waals surface area contributed by atoms with Gasteiger partial charge in [-0.3, -0.25) is 14.4 Å². The molecular weight excluding hydrogens is 721 g/mol. The Hall–Kier alpha value is -1.59. The summed E-state index contributed by atoms with van der Waals surface area (Å²) < 4.78 is 16.8. The van der Waals surface area contributed by atoms with Crippen molar-refractivity contribution in [3.63, 3.8) is 0 Å². The lowest BCUT2D eigenvalue weighted by atomic mass is 9.99. The highest BCUT2D eigenvalue weighted by atomic mass is 16.6. The first kappa shape index (κ1) is 56.4. The lowest BCUT2D eigenvalue weighted by Crippen LogP contribution is -2.30. The molecular formula is C52H100O6. The van der Waals surface area contributed by atoms with E-state index in [0.717, 1.165) is 69.6 Å². The van der Waals surface area contributed by atoms with Crippen molar-refractivity contribution in [2.75, 3.05) is 13.2 Å². The molecule has 0 amide bonds. The molecule has 0 N–H and O–H groups in total. The number of carbonyl (C=O) groups excluding carboxylic acids is 3. The minimum atomic E-state index is -0.761. The van der Waals surface area contributed by atoms with Crippen LogP contribution in [0.15, 0.2) is 0 Å². The molecule has 0 rings (SSSR count). The van der Waals surface area contributed by atoms with Crippen molar-refractivity contribution >= 4 is 17.9 Å². The van der Waals surface area contributed by atoms with Gasteiger partial charge in [0.2, 0.25) is 0 Å². The Kier molecular flexibility index (Phi) is 43.7. The van der Waals surface area contributed by atoms with E-state index < -0.39 is 6.10 Å². The van der Waals surface area contributed by atoms with Crippen LogP contribution in [0.5, 0.6) is 0 Å². The third-order valence-corrected chi connectivity index (χ3v) is 12.1. The van der Waals surface area contributed by atoms with Crippen molar-refractivity contribution in [1.29, 1.82) is 0 Å². The van der Waals surface area contributed by atoms with Crippen LogP contribution in [0.25, 0.3) is 0 Å². The fourth-order valence-electron chi connectivity index (χ4n) is 7.78. The molecule has 2 atom stereocenters. The number of hydrogen-bond donors (Lipinski definition) is 0. The Morgan fingerprint density at radius 3 is 0.983 bits per heavy atom. The number of ether oxygens (including phenoxy) is 3. The molecule has 0 aromatic heterocycles. The van der Waals surface area contributed by atoms with Crippen LogP contribution in [-0.2, 0) is 28.6 Å². The fourth-order valence-corrected chi connectivity index (χ4v) is 7.78. The zero-order chi connectivity index (χ0) is 42.6. The molecule has 0 bridgehead atoms. The van der Waals surface area contributed by atoms with Gasteiger partial charge >= 0.3 is 17.9 Å². The van der Waals surface area contributed by atoms with Gasteiger partial charge in [-0.1, -0.05) is 247 Å². The first-order valence-electron chi connectivity index (χ1n) is 25.8. The van der Waals surface area contributed by atoms with Crippen molar-refractivity contribution in [3.8, 4) is 0 Å². The van der Waals surface area contributed by atoms with Gasteiger partial charge in [0.15, 0.2) is 6.10 Å². The molecule has 0 aliphatic rings. The number of unbranched alkanes of at least 4 members (excludes halogenated alkanes) is 30. The third kappa shape index (κ3) is 44.0. The predicted octanol–water partition coefficient (Wildman–Crippen LogP) is 16.5.